The number of hydrogen-bond acceptors (Lipinski definition) is 2. The molecular formula is C6H10O2. The van der Waals surface area contributed by atoms with Crippen molar-refractivity contribution in [3.05, 3.63) is 12.2 Å². The van der Waals surface area contributed by atoms with Gasteiger partial charge in [0.25, 0.3) is 0 Å². The lowest BCUT2D eigenvalue weighted by atomic mass is 10.2. The van der Waals surface area contributed by atoms with Gasteiger partial charge in [-0.25, -0.2) is 0 Å². The van der Waals surface area contributed by atoms with E-state index in [-0.39, 0.29) is 12.7 Å². The number of rotatable bonds is 1. The highest BCUT2D eigenvalue weighted by atomic mass is 16.5. The molecular weight excluding hydrogens is 104 g/mol. The van der Waals surface area contributed by atoms with Crippen molar-refractivity contribution in [2.75, 3.05) is 13.2 Å². The zero-order valence-electron chi connectivity index (χ0n) is 4.71. The van der Waals surface area contributed by atoms with Gasteiger partial charge in [0.1, 0.15) is 0 Å². The zero-order valence-corrected chi connectivity index (χ0v) is 4.71. The molecule has 0 aliphatic carbocycles. The molecule has 1 atom stereocenters. The van der Waals surface area contributed by atoms with Gasteiger partial charge >= 0.3 is 0 Å². The summed E-state index contributed by atoms with van der Waals surface area (Å²) in [5, 5.41) is 8.51. The summed E-state index contributed by atoms with van der Waals surface area (Å²) in [5.74, 6) is 0. The Morgan fingerprint density at radius 3 is 3.00 bits per heavy atom. The summed E-state index contributed by atoms with van der Waals surface area (Å²) in [7, 11) is 0. The summed E-state index contributed by atoms with van der Waals surface area (Å²) < 4.78 is 5.09. The molecule has 1 aliphatic rings. The molecule has 2 heteroatoms. The van der Waals surface area contributed by atoms with Crippen LogP contribution in [0.3, 0.4) is 0 Å². The van der Waals surface area contributed by atoms with Crippen LogP contribution in [0.25, 0.3) is 0 Å². The predicted octanol–water partition coefficient (Wildman–Crippen LogP) is 0.324. The summed E-state index contributed by atoms with van der Waals surface area (Å²) >= 11 is 0. The van der Waals surface area contributed by atoms with Crippen LogP contribution in [0.15, 0.2) is 12.2 Å². The number of ether oxygens (including phenoxy) is 1. The van der Waals surface area contributed by atoms with Crippen LogP contribution in [-0.4, -0.2) is 24.4 Å². The smallest absolute Gasteiger partial charge is 0.0986 e. The van der Waals surface area contributed by atoms with Gasteiger partial charge in [0, 0.05) is 0 Å². The van der Waals surface area contributed by atoms with Crippen LogP contribution >= 0.6 is 0 Å². The van der Waals surface area contributed by atoms with Crippen molar-refractivity contribution < 1.29 is 9.84 Å². The van der Waals surface area contributed by atoms with Crippen LogP contribution in [0.2, 0.25) is 0 Å². The van der Waals surface area contributed by atoms with Gasteiger partial charge in [-0.15, -0.1) is 0 Å². The average molecular weight is 114 g/mol. The second kappa shape index (κ2) is 2.84. The minimum Gasteiger partial charge on any atom is -0.393 e. The monoisotopic (exact) mass is 114 g/mol. The first-order valence-corrected chi connectivity index (χ1v) is 2.82. The van der Waals surface area contributed by atoms with Crippen molar-refractivity contribution in [3.63, 3.8) is 0 Å². The van der Waals surface area contributed by atoms with E-state index < -0.39 is 0 Å². The molecule has 1 rings (SSSR count). The third kappa shape index (κ3) is 1.32. The maximum Gasteiger partial charge on any atom is 0.0986 e. The quantitative estimate of drug-likeness (QED) is 0.497. The van der Waals surface area contributed by atoms with E-state index in [1.807, 2.05) is 12.2 Å². The standard InChI is InChI=1S/C6H10O2/c7-5-6-3-1-2-4-8-6/h1,3,6-7H,2,4-5H2/t6-/m1/s1. The van der Waals surface area contributed by atoms with E-state index in [0.717, 1.165) is 13.0 Å². The molecule has 0 fully saturated rings. The molecule has 0 aromatic heterocycles. The van der Waals surface area contributed by atoms with E-state index in [1.54, 1.807) is 0 Å². The lowest BCUT2D eigenvalue weighted by Gasteiger charge is -2.13. The van der Waals surface area contributed by atoms with Crippen LogP contribution < -0.4 is 0 Å². The Morgan fingerprint density at radius 1 is 1.75 bits per heavy atom. The van der Waals surface area contributed by atoms with Crippen molar-refractivity contribution in [2.24, 2.45) is 0 Å². The second-order valence-corrected chi connectivity index (χ2v) is 1.81. The first kappa shape index (κ1) is 5.79. The molecule has 0 saturated heterocycles. The fourth-order valence-corrected chi connectivity index (χ4v) is 0.705. The van der Waals surface area contributed by atoms with Crippen LogP contribution in [0.5, 0.6) is 0 Å². The van der Waals surface area contributed by atoms with Crippen LogP contribution in [-0.2, 0) is 4.74 Å². The van der Waals surface area contributed by atoms with Gasteiger partial charge in [-0.3, -0.25) is 0 Å². The summed E-state index contributed by atoms with van der Waals surface area (Å²) in [4.78, 5) is 0. The minimum absolute atomic E-state index is 0.0382. The van der Waals surface area contributed by atoms with E-state index in [1.165, 1.54) is 0 Å². The Morgan fingerprint density at radius 2 is 2.62 bits per heavy atom. The highest BCUT2D eigenvalue weighted by Gasteiger charge is 2.04. The molecule has 1 aliphatic heterocycles. The third-order valence-corrected chi connectivity index (χ3v) is 1.15. The maximum atomic E-state index is 8.51. The van der Waals surface area contributed by atoms with Gasteiger partial charge in [0.15, 0.2) is 0 Å². The molecule has 1 heterocycles. The van der Waals surface area contributed by atoms with Crippen molar-refractivity contribution >= 4 is 0 Å². The van der Waals surface area contributed by atoms with Crippen LogP contribution in [0, 0.1) is 0 Å². The second-order valence-electron chi connectivity index (χ2n) is 1.81. The summed E-state index contributed by atoms with van der Waals surface area (Å²) in [6.45, 7) is 0.859. The normalized spacial score (nSPS) is 28.4. The fourth-order valence-electron chi connectivity index (χ4n) is 0.705. The number of hydrogen-bond donors (Lipinski definition) is 1. The van der Waals surface area contributed by atoms with Gasteiger partial charge in [-0.05, 0) is 6.42 Å². The molecule has 8 heavy (non-hydrogen) atoms. The molecule has 46 valence electrons. The zero-order chi connectivity index (χ0) is 5.82. The van der Waals surface area contributed by atoms with E-state index in [2.05, 4.69) is 0 Å². The molecule has 0 amide bonds. The Balaban J connectivity index is 2.32. The van der Waals surface area contributed by atoms with Crippen LogP contribution in [0.4, 0.5) is 0 Å². The van der Waals surface area contributed by atoms with Gasteiger partial charge in [0.05, 0.1) is 19.3 Å². The Kier molecular flexibility index (Phi) is 2.06. The SMILES string of the molecule is OC[C@H]1C=CCCO1. The molecule has 0 aromatic carbocycles. The van der Waals surface area contributed by atoms with Gasteiger partial charge < -0.3 is 9.84 Å². The molecule has 0 saturated carbocycles. The van der Waals surface area contributed by atoms with Crippen LogP contribution in [0.1, 0.15) is 6.42 Å². The van der Waals surface area contributed by atoms with Crippen molar-refractivity contribution in [1.82, 2.24) is 0 Å². The van der Waals surface area contributed by atoms with E-state index in [0.29, 0.717) is 0 Å². The van der Waals surface area contributed by atoms with E-state index in [9.17, 15) is 0 Å². The first-order valence-electron chi connectivity index (χ1n) is 2.82. The first-order chi connectivity index (χ1) is 3.93. The van der Waals surface area contributed by atoms with Crippen molar-refractivity contribution in [2.45, 2.75) is 12.5 Å². The van der Waals surface area contributed by atoms with Crippen molar-refractivity contribution in [3.8, 4) is 0 Å². The Labute approximate surface area is 48.8 Å². The maximum absolute atomic E-state index is 8.51. The lowest BCUT2D eigenvalue weighted by Crippen LogP contribution is -2.17. The topological polar surface area (TPSA) is 29.5 Å². The summed E-state index contributed by atoms with van der Waals surface area (Å²) in [6.07, 6.45) is 4.87. The fraction of sp³-hybridized carbons (Fsp3) is 0.667. The molecule has 0 aromatic rings. The highest BCUT2D eigenvalue weighted by molar-refractivity contribution is 4.92. The molecule has 1 N–H and O–H groups in total. The summed E-state index contributed by atoms with van der Waals surface area (Å²) in [6, 6.07) is 0. The molecule has 2 nitrogen and oxygen atoms in total. The lowest BCUT2D eigenvalue weighted by molar-refractivity contribution is 0.0383. The van der Waals surface area contributed by atoms with Gasteiger partial charge in [-0.2, -0.15) is 0 Å². The summed E-state index contributed by atoms with van der Waals surface area (Å²) in [5.41, 5.74) is 0. The Hall–Kier alpha value is -0.340. The largest absolute Gasteiger partial charge is 0.393 e. The van der Waals surface area contributed by atoms with Crippen molar-refractivity contribution in [1.29, 1.82) is 0 Å². The molecule has 0 radical (unpaired) electrons. The van der Waals surface area contributed by atoms with E-state index in [4.69, 9.17) is 9.84 Å². The minimum atomic E-state index is -0.0382. The van der Waals surface area contributed by atoms with Gasteiger partial charge in [0.2, 0.25) is 0 Å². The Bertz CT molecular complexity index is 88.5. The average Bonchev–Trinajstić information content (AvgIpc) is 1.90. The molecule has 0 unspecified atom stereocenters. The number of aliphatic hydroxyl groups excluding tert-OH is 1. The molecule has 0 bridgehead atoms. The third-order valence-electron chi connectivity index (χ3n) is 1.15. The highest BCUT2D eigenvalue weighted by Crippen LogP contribution is 2.01. The predicted molar refractivity (Wildman–Crippen MR) is 30.6 cm³/mol. The van der Waals surface area contributed by atoms with E-state index >= 15 is 0 Å². The number of aliphatic hydroxyl groups is 1. The van der Waals surface area contributed by atoms with Gasteiger partial charge in [-0.1, -0.05) is 12.2 Å². The molecule has 0 spiro atoms.